The van der Waals surface area contributed by atoms with Gasteiger partial charge in [0.2, 0.25) is 0 Å². The molecule has 0 aliphatic rings. The summed E-state index contributed by atoms with van der Waals surface area (Å²) in [4.78, 5) is 0. The topological polar surface area (TPSA) is 9.23 Å². The van der Waals surface area contributed by atoms with Gasteiger partial charge in [-0.2, -0.15) is 39.5 Å². The summed E-state index contributed by atoms with van der Waals surface area (Å²) in [6.07, 6.45) is -22.1. The zero-order chi connectivity index (χ0) is 19.1. The van der Waals surface area contributed by atoms with Crippen LogP contribution in [0.15, 0.2) is 12.7 Å². The van der Waals surface area contributed by atoms with Gasteiger partial charge in [0.25, 0.3) is 0 Å². The fraction of sp³-hybridized carbons (Fsp3) is 0.818. The Kier molecular flexibility index (Phi) is 5.51. The van der Waals surface area contributed by atoms with E-state index in [1.54, 1.807) is 0 Å². The van der Waals surface area contributed by atoms with Crippen molar-refractivity contribution in [3.63, 3.8) is 0 Å². The molecule has 0 aromatic rings. The normalized spacial score (nSPS) is 22.0. The summed E-state index contributed by atoms with van der Waals surface area (Å²) in [5.41, 5.74) is -10.7. The van der Waals surface area contributed by atoms with Crippen molar-refractivity contribution in [3.8, 4) is 0 Å². The Balaban J connectivity index is 6.25. The van der Waals surface area contributed by atoms with Crippen molar-refractivity contribution < 1.29 is 53.0 Å². The highest BCUT2D eigenvalue weighted by molar-refractivity contribution is 5.10. The van der Waals surface area contributed by atoms with Crippen LogP contribution < -0.4 is 0 Å². The number of alkyl halides is 11. The van der Waals surface area contributed by atoms with E-state index >= 15 is 0 Å². The van der Waals surface area contributed by atoms with Crippen molar-refractivity contribution in [2.24, 2.45) is 0 Å². The summed E-state index contributed by atoms with van der Waals surface area (Å²) >= 11 is 0. The first-order valence-electron chi connectivity index (χ1n) is 5.74. The monoisotopic (exact) mass is 368 g/mol. The molecule has 0 heterocycles. The van der Waals surface area contributed by atoms with E-state index in [0.717, 1.165) is 0 Å². The molecule has 0 rings (SSSR count). The van der Waals surface area contributed by atoms with Crippen LogP contribution in [0.25, 0.3) is 0 Å². The van der Waals surface area contributed by atoms with Crippen LogP contribution in [0.4, 0.5) is 48.3 Å². The lowest BCUT2D eigenvalue weighted by Crippen LogP contribution is -2.69. The lowest BCUT2D eigenvalue weighted by Gasteiger charge is -2.43. The van der Waals surface area contributed by atoms with Crippen molar-refractivity contribution in [3.05, 3.63) is 12.7 Å². The van der Waals surface area contributed by atoms with Gasteiger partial charge in [0.05, 0.1) is 0 Å². The summed E-state index contributed by atoms with van der Waals surface area (Å²) < 4.78 is 145. The average Bonchev–Trinajstić information content (AvgIpc) is 2.33. The highest BCUT2D eigenvalue weighted by Gasteiger charge is 2.82. The molecule has 138 valence electrons. The first-order valence-corrected chi connectivity index (χ1v) is 5.74. The van der Waals surface area contributed by atoms with Gasteiger partial charge in [0.15, 0.2) is 5.67 Å². The van der Waals surface area contributed by atoms with E-state index in [1.807, 2.05) is 0 Å². The van der Waals surface area contributed by atoms with Crippen molar-refractivity contribution in [2.75, 3.05) is 0 Å². The van der Waals surface area contributed by atoms with Crippen molar-refractivity contribution in [1.29, 1.82) is 0 Å². The molecule has 1 nitrogen and oxygen atoms in total. The van der Waals surface area contributed by atoms with E-state index in [2.05, 4.69) is 11.3 Å². The summed E-state index contributed by atoms with van der Waals surface area (Å²) in [6, 6.07) is 0. The predicted octanol–water partition coefficient (Wildman–Crippen LogP) is 5.42. The maximum atomic E-state index is 14.0. The minimum absolute atomic E-state index is 0.265. The molecule has 23 heavy (non-hydrogen) atoms. The zero-order valence-electron chi connectivity index (χ0n) is 11.6. The number of hydrogen-bond acceptors (Lipinski definition) is 1. The van der Waals surface area contributed by atoms with Gasteiger partial charge >= 0.3 is 30.0 Å². The molecule has 3 atom stereocenters. The molecule has 0 radical (unpaired) electrons. The Morgan fingerprint density at radius 2 is 1.22 bits per heavy atom. The summed E-state index contributed by atoms with van der Waals surface area (Å²) in [7, 11) is 0. The third-order valence-electron chi connectivity index (χ3n) is 3.10. The summed E-state index contributed by atoms with van der Waals surface area (Å²) in [6.45, 7) is 2.42. The molecule has 0 amide bonds. The van der Waals surface area contributed by atoms with Crippen LogP contribution in [0.1, 0.15) is 20.3 Å². The molecule has 0 aliphatic carbocycles. The molecule has 0 aliphatic heterocycles. The van der Waals surface area contributed by atoms with Crippen molar-refractivity contribution in [1.82, 2.24) is 0 Å². The minimum atomic E-state index is -6.72. The lowest BCUT2D eigenvalue weighted by molar-refractivity contribution is -0.463. The Bertz CT molecular complexity index is 438. The van der Waals surface area contributed by atoms with Crippen LogP contribution >= 0.6 is 0 Å². The van der Waals surface area contributed by atoms with Gasteiger partial charge in [-0.05, 0) is 19.4 Å². The minimum Gasteiger partial charge on any atom is -0.268 e. The van der Waals surface area contributed by atoms with Crippen molar-refractivity contribution >= 4 is 0 Å². The van der Waals surface area contributed by atoms with Crippen LogP contribution in [-0.2, 0) is 4.74 Å². The SMILES string of the molecule is C=CC(F)(OC(F)(F)C(F)(C(F)(F)F)C(C)(F)CC)C(F)(F)F. The molecule has 0 saturated heterocycles. The molecule has 0 aromatic carbocycles. The van der Waals surface area contributed by atoms with E-state index in [0.29, 0.717) is 6.92 Å². The first kappa shape index (κ1) is 21.9. The maximum Gasteiger partial charge on any atom is 0.452 e. The predicted molar refractivity (Wildman–Crippen MR) is 55.8 cm³/mol. The van der Waals surface area contributed by atoms with E-state index in [1.165, 1.54) is 0 Å². The molecule has 0 aromatic heterocycles. The Labute approximate surface area is 123 Å². The van der Waals surface area contributed by atoms with Gasteiger partial charge in [0, 0.05) is 0 Å². The van der Waals surface area contributed by atoms with Gasteiger partial charge in [-0.25, -0.2) is 8.78 Å². The second-order valence-electron chi connectivity index (χ2n) is 4.67. The van der Waals surface area contributed by atoms with Crippen LogP contribution in [0.2, 0.25) is 0 Å². The van der Waals surface area contributed by atoms with E-state index < -0.39 is 48.2 Å². The highest BCUT2D eigenvalue weighted by Crippen LogP contribution is 2.56. The zero-order valence-corrected chi connectivity index (χ0v) is 11.6. The molecule has 12 heteroatoms. The third kappa shape index (κ3) is 3.41. The quantitative estimate of drug-likeness (QED) is 0.450. The second-order valence-corrected chi connectivity index (χ2v) is 4.67. The number of rotatable bonds is 6. The summed E-state index contributed by atoms with van der Waals surface area (Å²) in [5.74, 6) is -5.54. The molecule has 0 bridgehead atoms. The van der Waals surface area contributed by atoms with Gasteiger partial charge in [-0.15, -0.1) is 0 Å². The number of halogens is 11. The number of ether oxygens (including phenoxy) is 1. The third-order valence-corrected chi connectivity index (χ3v) is 3.10. The highest BCUT2D eigenvalue weighted by atomic mass is 19.4. The number of hydrogen-bond donors (Lipinski definition) is 0. The lowest BCUT2D eigenvalue weighted by atomic mass is 9.83. The van der Waals surface area contributed by atoms with Gasteiger partial charge < -0.3 is 0 Å². The standard InChI is InChI=1S/C11H11F11O/c1-4-6(3,12)8(14,10(18,19)20)11(21,22)23-7(13,5-2)9(15,16)17/h5H,2,4H2,1,3H3. The van der Waals surface area contributed by atoms with Gasteiger partial charge in [0.1, 0.15) is 0 Å². The molecule has 0 N–H and O–H groups in total. The molecular formula is C11H11F11O. The van der Waals surface area contributed by atoms with Crippen LogP contribution in [0.3, 0.4) is 0 Å². The fourth-order valence-electron chi connectivity index (χ4n) is 1.48. The van der Waals surface area contributed by atoms with Crippen LogP contribution in [-0.4, -0.2) is 35.7 Å². The average molecular weight is 368 g/mol. The largest absolute Gasteiger partial charge is 0.452 e. The Hall–Kier alpha value is -1.07. The van der Waals surface area contributed by atoms with E-state index in [4.69, 9.17) is 0 Å². The molecule has 3 unspecified atom stereocenters. The molecule has 0 saturated carbocycles. The van der Waals surface area contributed by atoms with Crippen molar-refractivity contribution in [2.45, 2.75) is 55.9 Å². The summed E-state index contributed by atoms with van der Waals surface area (Å²) in [5, 5.41) is 0. The smallest absolute Gasteiger partial charge is 0.268 e. The second kappa shape index (κ2) is 5.78. The van der Waals surface area contributed by atoms with Crippen LogP contribution in [0.5, 0.6) is 0 Å². The molecule has 0 spiro atoms. The molecular weight excluding hydrogens is 357 g/mol. The maximum absolute atomic E-state index is 14.0. The van der Waals surface area contributed by atoms with Crippen LogP contribution in [0, 0.1) is 0 Å². The van der Waals surface area contributed by atoms with Gasteiger partial charge in [-0.3, -0.25) is 4.74 Å². The molecule has 0 fully saturated rings. The first-order chi connectivity index (χ1) is 9.83. The Morgan fingerprint density at radius 1 is 0.826 bits per heavy atom. The fourth-order valence-corrected chi connectivity index (χ4v) is 1.48. The Morgan fingerprint density at radius 3 is 1.43 bits per heavy atom. The van der Waals surface area contributed by atoms with E-state index in [9.17, 15) is 48.3 Å². The van der Waals surface area contributed by atoms with E-state index in [-0.39, 0.29) is 6.92 Å². The van der Waals surface area contributed by atoms with Gasteiger partial charge in [-0.1, -0.05) is 13.5 Å².